The lowest BCUT2D eigenvalue weighted by Crippen LogP contribution is -2.26. The molecule has 0 bridgehead atoms. The molecule has 0 aliphatic carbocycles. The van der Waals surface area contributed by atoms with Crippen LogP contribution in [0.3, 0.4) is 0 Å². The molecule has 0 radical (unpaired) electrons. The third kappa shape index (κ3) is 5.66. The predicted octanol–water partition coefficient (Wildman–Crippen LogP) is 5.22. The summed E-state index contributed by atoms with van der Waals surface area (Å²) in [6, 6.07) is 7.28. The highest BCUT2D eigenvalue weighted by Gasteiger charge is 2.32. The molecule has 0 saturated carbocycles. The van der Waals surface area contributed by atoms with Crippen molar-refractivity contribution in [2.24, 2.45) is 10.7 Å². The number of carbonyl (C=O) groups is 1. The molecule has 0 saturated heterocycles. The number of nitrogens with zero attached hydrogens (tertiary/aromatic N) is 4. The Morgan fingerprint density at radius 3 is 2.54 bits per heavy atom. The summed E-state index contributed by atoms with van der Waals surface area (Å²) >= 11 is 7.88. The largest absolute Gasteiger partial charge is 0.356 e. The molecule has 9 heteroatoms. The number of nitrogens with one attached hydrogen (secondary N) is 1. The number of carbonyl (C=O) groups excluding carboxylic acids is 1. The van der Waals surface area contributed by atoms with Crippen LogP contribution < -0.4 is 11.1 Å². The second-order valence-corrected chi connectivity index (χ2v) is 10.7. The van der Waals surface area contributed by atoms with Crippen LogP contribution in [0.25, 0.3) is 5.00 Å². The van der Waals surface area contributed by atoms with Crippen molar-refractivity contribution < 1.29 is 4.79 Å². The smallest absolute Gasteiger partial charge is 0.222 e. The Hall–Kier alpha value is -2.55. The molecule has 7 nitrogen and oxygen atoms in total. The van der Waals surface area contributed by atoms with E-state index in [0.29, 0.717) is 17.4 Å². The second kappa shape index (κ2) is 11.5. The van der Waals surface area contributed by atoms with Gasteiger partial charge in [-0.3, -0.25) is 14.4 Å². The van der Waals surface area contributed by atoms with Gasteiger partial charge in [-0.2, -0.15) is 0 Å². The van der Waals surface area contributed by atoms with Crippen molar-refractivity contribution in [2.75, 3.05) is 13.1 Å². The van der Waals surface area contributed by atoms with Crippen molar-refractivity contribution in [1.82, 2.24) is 20.1 Å². The normalized spacial score (nSPS) is 14.8. The Labute approximate surface area is 215 Å². The van der Waals surface area contributed by atoms with Gasteiger partial charge >= 0.3 is 0 Å². The van der Waals surface area contributed by atoms with Crippen LogP contribution in [0.5, 0.6) is 0 Å². The van der Waals surface area contributed by atoms with Crippen LogP contribution in [0.2, 0.25) is 5.02 Å². The van der Waals surface area contributed by atoms with Crippen LogP contribution in [0.1, 0.15) is 77.8 Å². The lowest BCUT2D eigenvalue weighted by atomic mass is 9.99. The van der Waals surface area contributed by atoms with Crippen molar-refractivity contribution in [3.63, 3.8) is 0 Å². The molecule has 186 valence electrons. The number of nitrogens with two attached hydrogens (primary N) is 1. The van der Waals surface area contributed by atoms with E-state index >= 15 is 0 Å². The number of amides is 1. The first-order valence-electron chi connectivity index (χ1n) is 12.2. The van der Waals surface area contributed by atoms with Gasteiger partial charge in [-0.15, -0.1) is 21.5 Å². The van der Waals surface area contributed by atoms with Gasteiger partial charge in [0.2, 0.25) is 5.91 Å². The van der Waals surface area contributed by atoms with Gasteiger partial charge in [0.25, 0.3) is 0 Å². The van der Waals surface area contributed by atoms with Crippen molar-refractivity contribution in [1.29, 1.82) is 0 Å². The maximum Gasteiger partial charge on any atom is 0.222 e. The minimum Gasteiger partial charge on any atom is -0.356 e. The lowest BCUT2D eigenvalue weighted by molar-refractivity contribution is -0.121. The average molecular weight is 513 g/mol. The fourth-order valence-corrected chi connectivity index (χ4v) is 5.75. The topological polar surface area (TPSA) is 98.2 Å². The van der Waals surface area contributed by atoms with Crippen LogP contribution in [-0.4, -0.2) is 39.5 Å². The van der Waals surface area contributed by atoms with Gasteiger partial charge in [0, 0.05) is 27.6 Å². The van der Waals surface area contributed by atoms with Gasteiger partial charge < -0.3 is 11.1 Å². The Kier molecular flexibility index (Phi) is 8.36. The number of hydrogen-bond acceptors (Lipinski definition) is 6. The van der Waals surface area contributed by atoms with Crippen LogP contribution in [0, 0.1) is 20.8 Å². The SMILES string of the molecule is Cc1sc2c(c1C)C(c1ccc(Cl)cc1)=N[C@@H](CC(=O)NCCCCCCCN)c1nnc(C)n1-2. The second-order valence-electron chi connectivity index (χ2n) is 9.02. The van der Waals surface area contributed by atoms with Crippen LogP contribution in [0.4, 0.5) is 0 Å². The van der Waals surface area contributed by atoms with Crippen LogP contribution >= 0.6 is 22.9 Å². The fraction of sp³-hybridized carbons (Fsp3) is 0.462. The molecule has 3 N–H and O–H groups in total. The quantitative estimate of drug-likeness (QED) is 0.364. The van der Waals surface area contributed by atoms with E-state index in [1.54, 1.807) is 11.3 Å². The summed E-state index contributed by atoms with van der Waals surface area (Å²) in [5, 5.41) is 13.6. The summed E-state index contributed by atoms with van der Waals surface area (Å²) in [6.45, 7) is 7.59. The zero-order valence-electron chi connectivity index (χ0n) is 20.6. The van der Waals surface area contributed by atoms with Gasteiger partial charge in [-0.1, -0.05) is 43.0 Å². The Morgan fingerprint density at radius 2 is 1.80 bits per heavy atom. The molecule has 1 amide bonds. The summed E-state index contributed by atoms with van der Waals surface area (Å²) in [6.07, 6.45) is 5.63. The van der Waals surface area contributed by atoms with Crippen molar-refractivity contribution in [3.8, 4) is 5.00 Å². The van der Waals surface area contributed by atoms with Gasteiger partial charge in [0.05, 0.1) is 12.1 Å². The van der Waals surface area contributed by atoms with E-state index in [0.717, 1.165) is 66.3 Å². The van der Waals surface area contributed by atoms with E-state index in [4.69, 9.17) is 22.3 Å². The number of unbranched alkanes of at least 4 members (excludes halogenated alkanes) is 4. The van der Waals surface area contributed by atoms with E-state index in [2.05, 4.69) is 33.9 Å². The molecule has 1 aliphatic rings. The van der Waals surface area contributed by atoms with Gasteiger partial charge in [-0.25, -0.2) is 0 Å². The number of rotatable bonds is 10. The number of aliphatic imine (C=N–C) groups is 1. The molecule has 3 heterocycles. The summed E-state index contributed by atoms with van der Waals surface area (Å²) in [5.74, 6) is 1.46. The zero-order chi connectivity index (χ0) is 24.9. The number of halogens is 1. The van der Waals surface area contributed by atoms with E-state index in [1.807, 2.05) is 31.2 Å². The van der Waals surface area contributed by atoms with E-state index < -0.39 is 6.04 Å². The summed E-state index contributed by atoms with van der Waals surface area (Å²) in [7, 11) is 0. The van der Waals surface area contributed by atoms with E-state index in [-0.39, 0.29) is 12.3 Å². The van der Waals surface area contributed by atoms with Crippen LogP contribution in [0.15, 0.2) is 29.3 Å². The molecular weight excluding hydrogens is 480 g/mol. The van der Waals surface area contributed by atoms with Crippen LogP contribution in [-0.2, 0) is 4.79 Å². The van der Waals surface area contributed by atoms with E-state index in [9.17, 15) is 4.79 Å². The number of aromatic nitrogens is 3. The van der Waals surface area contributed by atoms with Gasteiger partial charge in [-0.05, 0) is 57.9 Å². The summed E-state index contributed by atoms with van der Waals surface area (Å²) < 4.78 is 2.07. The summed E-state index contributed by atoms with van der Waals surface area (Å²) in [4.78, 5) is 19.3. The standard InChI is InChI=1S/C26H33ClN6OS/c1-16-17(2)35-26-23(16)24(19-9-11-20(27)12-10-19)30-21(25-32-31-18(3)33(25)26)15-22(34)29-14-8-6-4-5-7-13-28/h9-12,21H,4-8,13-15,28H2,1-3H3,(H,29,34)/t21-/m0/s1. The molecule has 3 aromatic rings. The third-order valence-corrected chi connectivity index (χ3v) is 7.88. The molecule has 0 unspecified atom stereocenters. The average Bonchev–Trinajstić information content (AvgIpc) is 3.31. The highest BCUT2D eigenvalue weighted by molar-refractivity contribution is 7.15. The number of fused-ring (bicyclic) bond motifs is 3. The minimum atomic E-state index is -0.439. The number of benzene rings is 1. The third-order valence-electron chi connectivity index (χ3n) is 6.44. The van der Waals surface area contributed by atoms with Crippen molar-refractivity contribution in [2.45, 2.75) is 65.3 Å². The van der Waals surface area contributed by atoms with Crippen molar-refractivity contribution in [3.05, 3.63) is 62.5 Å². The predicted molar refractivity (Wildman–Crippen MR) is 143 cm³/mol. The highest BCUT2D eigenvalue weighted by atomic mass is 35.5. The molecular formula is C26H33ClN6OS. The van der Waals surface area contributed by atoms with Crippen molar-refractivity contribution >= 4 is 34.6 Å². The molecule has 4 rings (SSSR count). The van der Waals surface area contributed by atoms with E-state index in [1.165, 1.54) is 10.4 Å². The van der Waals surface area contributed by atoms with Gasteiger partial charge in [0.15, 0.2) is 5.82 Å². The first-order chi connectivity index (χ1) is 16.9. The maximum atomic E-state index is 12.9. The Balaban J connectivity index is 1.62. The first kappa shape index (κ1) is 25.5. The molecule has 0 fully saturated rings. The molecule has 2 aromatic heterocycles. The zero-order valence-corrected chi connectivity index (χ0v) is 22.2. The Bertz CT molecular complexity index is 1210. The molecule has 35 heavy (non-hydrogen) atoms. The number of hydrogen-bond donors (Lipinski definition) is 2. The lowest BCUT2D eigenvalue weighted by Gasteiger charge is -2.13. The molecule has 1 atom stereocenters. The fourth-order valence-electron chi connectivity index (χ4n) is 4.41. The highest BCUT2D eigenvalue weighted by Crippen LogP contribution is 2.39. The monoisotopic (exact) mass is 512 g/mol. The summed E-state index contributed by atoms with van der Waals surface area (Å²) in [5.41, 5.74) is 9.63. The minimum absolute atomic E-state index is 0.0264. The molecule has 0 spiro atoms. The molecule has 1 aliphatic heterocycles. The Morgan fingerprint density at radius 1 is 1.09 bits per heavy atom. The van der Waals surface area contributed by atoms with Gasteiger partial charge in [0.1, 0.15) is 16.9 Å². The molecule has 1 aromatic carbocycles. The number of aryl methyl sites for hydroxylation is 2. The maximum absolute atomic E-state index is 12.9. The number of thiophene rings is 1. The first-order valence-corrected chi connectivity index (χ1v) is 13.4.